The Morgan fingerprint density at radius 2 is 2.04 bits per heavy atom. The molecule has 1 saturated heterocycles. The standard InChI is InChI=1S/C18H28N4OS/c1-3-9-19-18(24)21-20-14(2)15-7-8-17(23)16(12-15)13-22-10-5-4-6-11-22/h7-8,12,23H,3-6,9-11,13H2,1-2H3,(H2,19,21,24)/b20-14+. The highest BCUT2D eigenvalue weighted by molar-refractivity contribution is 7.80. The van der Waals surface area contributed by atoms with Crippen LogP contribution in [0.2, 0.25) is 0 Å². The van der Waals surface area contributed by atoms with Crippen molar-refractivity contribution in [2.75, 3.05) is 19.6 Å². The zero-order chi connectivity index (χ0) is 17.4. The number of nitrogens with one attached hydrogen (secondary N) is 2. The van der Waals surface area contributed by atoms with Crippen molar-refractivity contribution in [3.05, 3.63) is 29.3 Å². The summed E-state index contributed by atoms with van der Waals surface area (Å²) in [5.41, 5.74) is 5.66. The minimum atomic E-state index is 0.352. The van der Waals surface area contributed by atoms with Gasteiger partial charge in [0, 0.05) is 18.7 Å². The Kier molecular flexibility index (Phi) is 7.46. The molecule has 1 aliphatic rings. The average Bonchev–Trinajstić information content (AvgIpc) is 2.60. The van der Waals surface area contributed by atoms with Crippen LogP contribution in [0, 0.1) is 0 Å². The molecule has 1 fully saturated rings. The van der Waals surface area contributed by atoms with E-state index in [2.05, 4.69) is 27.7 Å². The largest absolute Gasteiger partial charge is 0.508 e. The van der Waals surface area contributed by atoms with Gasteiger partial charge in [0.05, 0.1) is 5.71 Å². The summed E-state index contributed by atoms with van der Waals surface area (Å²) in [5.74, 6) is 0.352. The molecule has 0 unspecified atom stereocenters. The first-order valence-electron chi connectivity index (χ1n) is 8.73. The number of nitrogens with zero attached hydrogens (tertiary/aromatic N) is 2. The lowest BCUT2D eigenvalue weighted by atomic mass is 10.0. The summed E-state index contributed by atoms with van der Waals surface area (Å²) in [7, 11) is 0. The van der Waals surface area contributed by atoms with Gasteiger partial charge in [0.25, 0.3) is 0 Å². The monoisotopic (exact) mass is 348 g/mol. The average molecular weight is 349 g/mol. The molecule has 6 heteroatoms. The fraction of sp³-hybridized carbons (Fsp3) is 0.556. The van der Waals surface area contributed by atoms with Crippen molar-refractivity contribution in [3.8, 4) is 5.75 Å². The summed E-state index contributed by atoms with van der Waals surface area (Å²) >= 11 is 5.17. The lowest BCUT2D eigenvalue weighted by Crippen LogP contribution is -2.33. The summed E-state index contributed by atoms with van der Waals surface area (Å²) in [6.07, 6.45) is 4.81. The second kappa shape index (κ2) is 9.59. The first kappa shape index (κ1) is 18.7. The van der Waals surface area contributed by atoms with Crippen molar-refractivity contribution >= 4 is 23.0 Å². The first-order chi connectivity index (χ1) is 11.6. The van der Waals surface area contributed by atoms with E-state index in [-0.39, 0.29) is 0 Å². The Hall–Kier alpha value is -1.66. The molecule has 0 spiro atoms. The molecule has 24 heavy (non-hydrogen) atoms. The van der Waals surface area contributed by atoms with E-state index >= 15 is 0 Å². The normalized spacial score (nSPS) is 16.0. The van der Waals surface area contributed by atoms with Gasteiger partial charge in [-0.1, -0.05) is 13.3 Å². The molecule has 0 saturated carbocycles. The van der Waals surface area contributed by atoms with Gasteiger partial charge in [-0.15, -0.1) is 0 Å². The number of thiocarbonyl (C=S) groups is 1. The van der Waals surface area contributed by atoms with Gasteiger partial charge in [-0.25, -0.2) is 0 Å². The number of hydrogen-bond acceptors (Lipinski definition) is 4. The SMILES string of the molecule is CCCNC(=S)N/N=C(\C)c1ccc(O)c(CN2CCCCC2)c1. The molecule has 1 heterocycles. The van der Waals surface area contributed by atoms with Crippen LogP contribution < -0.4 is 10.7 Å². The van der Waals surface area contributed by atoms with Crippen molar-refractivity contribution in [1.82, 2.24) is 15.6 Å². The van der Waals surface area contributed by atoms with Gasteiger partial charge in [0.2, 0.25) is 0 Å². The smallest absolute Gasteiger partial charge is 0.186 e. The molecule has 2 rings (SSSR count). The molecule has 0 bridgehead atoms. The summed E-state index contributed by atoms with van der Waals surface area (Å²) in [5, 5.41) is 18.1. The third-order valence-electron chi connectivity index (χ3n) is 4.20. The van der Waals surface area contributed by atoms with Crippen molar-refractivity contribution in [3.63, 3.8) is 0 Å². The van der Waals surface area contributed by atoms with E-state index in [4.69, 9.17) is 12.2 Å². The molecule has 1 aromatic rings. The van der Waals surface area contributed by atoms with Gasteiger partial charge >= 0.3 is 0 Å². The van der Waals surface area contributed by atoms with Crippen LogP contribution in [0.4, 0.5) is 0 Å². The summed E-state index contributed by atoms with van der Waals surface area (Å²) < 4.78 is 0. The van der Waals surface area contributed by atoms with Crippen LogP contribution >= 0.6 is 12.2 Å². The van der Waals surface area contributed by atoms with Crippen molar-refractivity contribution < 1.29 is 5.11 Å². The summed E-state index contributed by atoms with van der Waals surface area (Å²) in [6, 6.07) is 5.66. The lowest BCUT2D eigenvalue weighted by Gasteiger charge is -2.26. The Labute approximate surface area is 150 Å². The predicted octanol–water partition coefficient (Wildman–Crippen LogP) is 2.98. The van der Waals surface area contributed by atoms with Gasteiger partial charge in [-0.2, -0.15) is 5.10 Å². The number of piperidine rings is 1. The van der Waals surface area contributed by atoms with Gasteiger partial charge < -0.3 is 10.4 Å². The van der Waals surface area contributed by atoms with Crippen LogP contribution in [-0.4, -0.2) is 40.5 Å². The Morgan fingerprint density at radius 1 is 1.29 bits per heavy atom. The Balaban J connectivity index is 2.01. The maximum absolute atomic E-state index is 10.1. The topological polar surface area (TPSA) is 59.9 Å². The lowest BCUT2D eigenvalue weighted by molar-refractivity contribution is 0.218. The number of phenolic OH excluding ortho intramolecular Hbond substituents is 1. The van der Waals surface area contributed by atoms with Crippen molar-refractivity contribution in [1.29, 1.82) is 0 Å². The third-order valence-corrected chi connectivity index (χ3v) is 4.44. The number of hydrazone groups is 1. The van der Waals surface area contributed by atoms with Gasteiger partial charge in [0.1, 0.15) is 5.75 Å². The Morgan fingerprint density at radius 3 is 2.75 bits per heavy atom. The van der Waals surface area contributed by atoms with E-state index in [1.54, 1.807) is 6.07 Å². The van der Waals surface area contributed by atoms with E-state index in [1.807, 2.05) is 19.1 Å². The second-order valence-electron chi connectivity index (χ2n) is 6.25. The van der Waals surface area contributed by atoms with E-state index < -0.39 is 0 Å². The van der Waals surface area contributed by atoms with Gasteiger partial charge in [-0.3, -0.25) is 10.3 Å². The van der Waals surface area contributed by atoms with E-state index in [0.717, 1.165) is 49.4 Å². The quantitative estimate of drug-likeness (QED) is 0.419. The molecular formula is C18H28N4OS. The van der Waals surface area contributed by atoms with Crippen LogP contribution in [0.3, 0.4) is 0 Å². The number of hydrogen-bond donors (Lipinski definition) is 3. The molecule has 3 N–H and O–H groups in total. The highest BCUT2D eigenvalue weighted by Crippen LogP contribution is 2.22. The summed E-state index contributed by atoms with van der Waals surface area (Å²) in [4.78, 5) is 2.40. The molecule has 0 atom stereocenters. The fourth-order valence-corrected chi connectivity index (χ4v) is 2.92. The minimum Gasteiger partial charge on any atom is -0.508 e. The van der Waals surface area contributed by atoms with Crippen LogP contribution in [0.5, 0.6) is 5.75 Å². The van der Waals surface area contributed by atoms with Crippen LogP contribution in [-0.2, 0) is 6.54 Å². The molecule has 132 valence electrons. The Bertz CT molecular complexity index is 582. The molecular weight excluding hydrogens is 320 g/mol. The number of aromatic hydroxyl groups is 1. The molecule has 1 aliphatic heterocycles. The van der Waals surface area contributed by atoms with E-state index in [0.29, 0.717) is 10.9 Å². The molecule has 0 radical (unpaired) electrons. The van der Waals surface area contributed by atoms with Gasteiger partial charge in [0.15, 0.2) is 5.11 Å². The van der Waals surface area contributed by atoms with Crippen LogP contribution in [0.25, 0.3) is 0 Å². The van der Waals surface area contributed by atoms with Crippen molar-refractivity contribution in [2.24, 2.45) is 5.10 Å². The number of phenols is 1. The number of likely N-dealkylation sites (tertiary alicyclic amines) is 1. The highest BCUT2D eigenvalue weighted by Gasteiger charge is 2.13. The van der Waals surface area contributed by atoms with E-state index in [1.165, 1.54) is 19.3 Å². The number of benzene rings is 1. The predicted molar refractivity (Wildman–Crippen MR) is 103 cm³/mol. The zero-order valence-electron chi connectivity index (χ0n) is 14.6. The summed E-state index contributed by atoms with van der Waals surface area (Å²) in [6.45, 7) is 7.86. The molecule has 0 aliphatic carbocycles. The second-order valence-corrected chi connectivity index (χ2v) is 6.65. The maximum atomic E-state index is 10.1. The number of rotatable bonds is 6. The molecule has 0 aromatic heterocycles. The van der Waals surface area contributed by atoms with Crippen LogP contribution in [0.1, 0.15) is 50.7 Å². The fourth-order valence-electron chi connectivity index (χ4n) is 2.77. The zero-order valence-corrected chi connectivity index (χ0v) is 15.5. The molecule has 0 amide bonds. The highest BCUT2D eigenvalue weighted by atomic mass is 32.1. The third kappa shape index (κ3) is 5.76. The first-order valence-corrected chi connectivity index (χ1v) is 9.13. The van der Waals surface area contributed by atoms with Crippen LogP contribution in [0.15, 0.2) is 23.3 Å². The minimum absolute atomic E-state index is 0.352. The maximum Gasteiger partial charge on any atom is 0.186 e. The van der Waals surface area contributed by atoms with Crippen molar-refractivity contribution in [2.45, 2.75) is 46.1 Å². The molecule has 1 aromatic carbocycles. The molecule has 5 nitrogen and oxygen atoms in total. The van der Waals surface area contributed by atoms with Gasteiger partial charge in [-0.05, 0) is 75.3 Å². The van der Waals surface area contributed by atoms with E-state index in [9.17, 15) is 5.11 Å².